The van der Waals surface area contributed by atoms with Gasteiger partial charge in [0.15, 0.2) is 17.4 Å². The molecule has 0 fully saturated rings. The van der Waals surface area contributed by atoms with Gasteiger partial charge in [-0.3, -0.25) is 4.68 Å². The summed E-state index contributed by atoms with van der Waals surface area (Å²) in [6.07, 6.45) is 3.13. The molecule has 0 saturated carbocycles. The van der Waals surface area contributed by atoms with E-state index in [0.29, 0.717) is 39.8 Å². The molecule has 0 aliphatic carbocycles. The number of hydrogen-bond donors (Lipinski definition) is 2. The number of para-hydroxylation sites is 1. The zero-order valence-electron chi connectivity index (χ0n) is 20.5. The maximum Gasteiger partial charge on any atom is 0.183 e. The number of rotatable bonds is 9. The van der Waals surface area contributed by atoms with E-state index in [4.69, 9.17) is 14.6 Å². The third-order valence-electron chi connectivity index (χ3n) is 5.65. The molecule has 5 rings (SSSR count). The first-order valence-electron chi connectivity index (χ1n) is 11.6. The Labute approximate surface area is 215 Å². The molecule has 0 aliphatic heterocycles. The van der Waals surface area contributed by atoms with Gasteiger partial charge in [0.05, 0.1) is 32.0 Å². The minimum Gasteiger partial charge on any atom is -0.491 e. The number of aliphatic hydroxyl groups excluding tert-OH is 1. The molecule has 0 amide bonds. The highest BCUT2D eigenvalue weighted by Crippen LogP contribution is 2.31. The van der Waals surface area contributed by atoms with Crippen LogP contribution in [0, 0.1) is 18.6 Å². The van der Waals surface area contributed by atoms with Crippen LogP contribution >= 0.6 is 0 Å². The summed E-state index contributed by atoms with van der Waals surface area (Å²) in [5.74, 6) is 0.565. The van der Waals surface area contributed by atoms with Crippen molar-refractivity contribution in [2.24, 2.45) is 0 Å². The van der Waals surface area contributed by atoms with Gasteiger partial charge in [0.1, 0.15) is 41.3 Å². The van der Waals surface area contributed by atoms with Crippen LogP contribution in [-0.4, -0.2) is 55.1 Å². The van der Waals surface area contributed by atoms with Gasteiger partial charge in [-0.15, -0.1) is 0 Å². The van der Waals surface area contributed by atoms with Gasteiger partial charge in [0, 0.05) is 29.3 Å². The smallest absolute Gasteiger partial charge is 0.183 e. The van der Waals surface area contributed by atoms with Crippen molar-refractivity contribution in [1.82, 2.24) is 29.7 Å². The maximum absolute atomic E-state index is 14.8. The highest BCUT2D eigenvalue weighted by atomic mass is 19.1. The molecular formula is C26H23F2N7O3. The van der Waals surface area contributed by atoms with Crippen molar-refractivity contribution in [1.29, 1.82) is 0 Å². The average Bonchev–Trinajstić information content (AvgIpc) is 3.28. The molecule has 3 heterocycles. The Bertz CT molecular complexity index is 1590. The molecule has 38 heavy (non-hydrogen) atoms. The monoisotopic (exact) mass is 519 g/mol. The Morgan fingerprint density at radius 3 is 2.58 bits per heavy atom. The number of ether oxygens (including phenoxy) is 2. The molecule has 5 aromatic rings. The maximum atomic E-state index is 14.8. The van der Waals surface area contributed by atoms with Gasteiger partial charge < -0.3 is 19.9 Å². The molecule has 12 heteroatoms. The predicted octanol–water partition coefficient (Wildman–Crippen LogP) is 4.04. The SMILES string of the molecule is COc1cnc(-c2nn(Cc3c(F)cc(OCCO)cc3F)c3ccccc23)nc1Nc1ccnc(C)n1. The van der Waals surface area contributed by atoms with Crippen molar-refractivity contribution in [3.8, 4) is 23.0 Å². The van der Waals surface area contributed by atoms with Crippen LogP contribution < -0.4 is 14.8 Å². The summed E-state index contributed by atoms with van der Waals surface area (Å²) in [4.78, 5) is 17.5. The summed E-state index contributed by atoms with van der Waals surface area (Å²) < 4.78 is 41.7. The van der Waals surface area contributed by atoms with E-state index < -0.39 is 11.6 Å². The molecular weight excluding hydrogens is 496 g/mol. The molecule has 0 saturated heterocycles. The van der Waals surface area contributed by atoms with Crippen LogP contribution in [0.1, 0.15) is 11.4 Å². The van der Waals surface area contributed by atoms with Crippen LogP contribution in [0.3, 0.4) is 0 Å². The fraction of sp³-hybridized carbons (Fsp3) is 0.192. The number of anilines is 2. The van der Waals surface area contributed by atoms with Crippen molar-refractivity contribution >= 4 is 22.5 Å². The lowest BCUT2D eigenvalue weighted by atomic mass is 10.1. The standard InChI is InChI=1S/C26H23F2N7O3/c1-15-29-8-7-23(31-15)32-25-22(37-2)13-30-26(33-25)24-17-5-3-4-6-21(17)35(34-24)14-18-19(27)11-16(12-20(18)28)38-10-9-36/h3-8,11-13,36H,9-10,14H2,1-2H3,(H,29,30,31,32,33). The summed E-state index contributed by atoms with van der Waals surface area (Å²) >= 11 is 0. The number of aromatic nitrogens is 6. The molecule has 10 nitrogen and oxygen atoms in total. The molecule has 0 bridgehead atoms. The molecule has 194 valence electrons. The lowest BCUT2D eigenvalue weighted by Gasteiger charge is -2.10. The Kier molecular flexibility index (Phi) is 7.05. The van der Waals surface area contributed by atoms with E-state index in [1.165, 1.54) is 18.0 Å². The number of fused-ring (bicyclic) bond motifs is 1. The van der Waals surface area contributed by atoms with Crippen molar-refractivity contribution in [3.05, 3.63) is 77.9 Å². The third kappa shape index (κ3) is 5.06. The van der Waals surface area contributed by atoms with Gasteiger partial charge in [-0.25, -0.2) is 28.7 Å². The van der Waals surface area contributed by atoms with Gasteiger partial charge >= 0.3 is 0 Å². The van der Waals surface area contributed by atoms with E-state index in [-0.39, 0.29) is 36.9 Å². The fourth-order valence-electron chi connectivity index (χ4n) is 3.91. The van der Waals surface area contributed by atoms with E-state index in [2.05, 4.69) is 30.4 Å². The third-order valence-corrected chi connectivity index (χ3v) is 5.65. The number of halogens is 2. The molecule has 2 aromatic carbocycles. The fourth-order valence-corrected chi connectivity index (χ4v) is 3.91. The summed E-state index contributed by atoms with van der Waals surface area (Å²) in [5, 5.41) is 17.3. The van der Waals surface area contributed by atoms with Crippen LogP contribution in [0.5, 0.6) is 11.5 Å². The van der Waals surface area contributed by atoms with Crippen molar-refractivity contribution in [2.75, 3.05) is 25.6 Å². The van der Waals surface area contributed by atoms with E-state index in [0.717, 1.165) is 12.1 Å². The van der Waals surface area contributed by atoms with E-state index in [1.54, 1.807) is 25.3 Å². The molecule has 0 spiro atoms. The van der Waals surface area contributed by atoms with Gasteiger partial charge in [0.25, 0.3) is 0 Å². The van der Waals surface area contributed by atoms with Gasteiger partial charge in [-0.05, 0) is 19.1 Å². The summed E-state index contributed by atoms with van der Waals surface area (Å²) in [5.41, 5.74) is 0.884. The second-order valence-corrected chi connectivity index (χ2v) is 8.19. The zero-order valence-corrected chi connectivity index (χ0v) is 20.5. The minimum atomic E-state index is -0.786. The molecule has 0 unspecified atom stereocenters. The number of nitrogens with one attached hydrogen (secondary N) is 1. The minimum absolute atomic E-state index is 0.00523. The number of aliphatic hydroxyl groups is 1. The van der Waals surface area contributed by atoms with Gasteiger partial charge in [-0.1, -0.05) is 18.2 Å². The highest BCUT2D eigenvalue weighted by Gasteiger charge is 2.20. The largest absolute Gasteiger partial charge is 0.491 e. The second-order valence-electron chi connectivity index (χ2n) is 8.19. The lowest BCUT2D eigenvalue weighted by Crippen LogP contribution is -2.08. The Balaban J connectivity index is 1.54. The number of benzene rings is 2. The van der Waals surface area contributed by atoms with Gasteiger partial charge in [-0.2, -0.15) is 5.10 Å². The van der Waals surface area contributed by atoms with Crippen molar-refractivity contribution in [3.63, 3.8) is 0 Å². The number of aryl methyl sites for hydroxylation is 1. The Morgan fingerprint density at radius 1 is 1.05 bits per heavy atom. The molecule has 2 N–H and O–H groups in total. The molecule has 0 radical (unpaired) electrons. The number of methoxy groups -OCH3 is 1. The second kappa shape index (κ2) is 10.7. The van der Waals surface area contributed by atoms with Crippen LogP contribution in [-0.2, 0) is 6.54 Å². The first-order valence-corrected chi connectivity index (χ1v) is 11.6. The van der Waals surface area contributed by atoms with Gasteiger partial charge in [0.2, 0.25) is 0 Å². The molecule has 0 atom stereocenters. The van der Waals surface area contributed by atoms with E-state index in [9.17, 15) is 8.78 Å². The van der Waals surface area contributed by atoms with E-state index in [1.807, 2.05) is 18.2 Å². The first kappa shape index (κ1) is 25.0. The average molecular weight is 520 g/mol. The number of nitrogens with zero attached hydrogens (tertiary/aromatic N) is 6. The van der Waals surface area contributed by atoms with Crippen LogP contribution in [0.25, 0.3) is 22.4 Å². The quantitative estimate of drug-likeness (QED) is 0.297. The van der Waals surface area contributed by atoms with Crippen LogP contribution in [0.2, 0.25) is 0 Å². The topological polar surface area (TPSA) is 120 Å². The van der Waals surface area contributed by atoms with Crippen molar-refractivity contribution < 1.29 is 23.4 Å². The normalized spacial score (nSPS) is 11.1. The highest BCUT2D eigenvalue weighted by molar-refractivity contribution is 5.92. The van der Waals surface area contributed by atoms with Crippen molar-refractivity contribution in [2.45, 2.75) is 13.5 Å². The van der Waals surface area contributed by atoms with E-state index >= 15 is 0 Å². The Morgan fingerprint density at radius 2 is 1.84 bits per heavy atom. The zero-order chi connectivity index (χ0) is 26.6. The van der Waals surface area contributed by atoms with Crippen LogP contribution in [0.15, 0.2) is 54.9 Å². The summed E-state index contributed by atoms with van der Waals surface area (Å²) in [6.45, 7) is 1.26. The molecule has 3 aromatic heterocycles. The number of hydrogen-bond acceptors (Lipinski definition) is 9. The summed E-state index contributed by atoms with van der Waals surface area (Å²) in [6, 6.07) is 11.1. The summed E-state index contributed by atoms with van der Waals surface area (Å²) in [7, 11) is 1.50. The first-order chi connectivity index (χ1) is 18.5. The van der Waals surface area contributed by atoms with Crippen LogP contribution in [0.4, 0.5) is 20.4 Å². The lowest BCUT2D eigenvalue weighted by molar-refractivity contribution is 0.200. The Hall–Kier alpha value is -4.71. The predicted molar refractivity (Wildman–Crippen MR) is 135 cm³/mol. The molecule has 0 aliphatic rings.